The topological polar surface area (TPSA) is 0 Å². The van der Waals surface area contributed by atoms with Crippen LogP contribution in [0.25, 0.3) is 0 Å². The third-order valence-corrected chi connectivity index (χ3v) is 4.42. The molecule has 0 spiro atoms. The second-order valence-electron chi connectivity index (χ2n) is 7.32. The van der Waals surface area contributed by atoms with Crippen LogP contribution in [0.15, 0.2) is 0 Å². The first kappa shape index (κ1) is 19.0. The van der Waals surface area contributed by atoms with Crippen molar-refractivity contribution in [3.05, 3.63) is 0 Å². The molecule has 0 heterocycles. The highest BCUT2D eigenvalue weighted by Crippen LogP contribution is 2.20. The van der Waals surface area contributed by atoms with Crippen molar-refractivity contribution in [2.75, 3.05) is 0 Å². The molecule has 0 radical (unpaired) electrons. The molecular formula is C19H40. The summed E-state index contributed by atoms with van der Waals surface area (Å²) in [5, 5.41) is 0. The van der Waals surface area contributed by atoms with Gasteiger partial charge in [0, 0.05) is 0 Å². The van der Waals surface area contributed by atoms with Crippen molar-refractivity contribution in [1.82, 2.24) is 0 Å². The largest absolute Gasteiger partial charge is 0.0654 e. The predicted octanol–water partition coefficient (Wildman–Crippen LogP) is 7.23. The molecule has 0 fully saturated rings. The van der Waals surface area contributed by atoms with E-state index in [1.807, 2.05) is 0 Å². The first-order valence-electron chi connectivity index (χ1n) is 9.06. The van der Waals surface area contributed by atoms with Gasteiger partial charge in [0.1, 0.15) is 0 Å². The molecule has 0 amide bonds. The summed E-state index contributed by atoms with van der Waals surface area (Å²) in [6.45, 7) is 11.9. The summed E-state index contributed by atoms with van der Waals surface area (Å²) in [6.07, 6.45) is 15.8. The van der Waals surface area contributed by atoms with Crippen LogP contribution in [-0.2, 0) is 0 Å². The van der Waals surface area contributed by atoms with Gasteiger partial charge in [-0.2, -0.15) is 0 Å². The van der Waals surface area contributed by atoms with Gasteiger partial charge in [0.2, 0.25) is 0 Å². The Kier molecular flexibility index (Phi) is 13.0. The van der Waals surface area contributed by atoms with E-state index in [2.05, 4.69) is 34.6 Å². The number of unbranched alkanes of at least 4 members (excludes halogenated alkanes) is 3. The first-order valence-corrected chi connectivity index (χ1v) is 9.06. The molecule has 0 saturated heterocycles. The Bertz CT molecular complexity index is 171. The minimum Gasteiger partial charge on any atom is -0.0654 e. The third kappa shape index (κ3) is 14.2. The summed E-state index contributed by atoms with van der Waals surface area (Å²) in [6, 6.07) is 0. The Hall–Kier alpha value is 0. The number of hydrogen-bond donors (Lipinski definition) is 0. The minimum absolute atomic E-state index is 0.885. The Morgan fingerprint density at radius 1 is 0.526 bits per heavy atom. The standard InChI is InChI=1S/C19H40/c1-6-7-8-13-18(4)14-9-10-15-19(5)16-11-12-17(2)3/h17-19H,6-16H2,1-5H3. The molecule has 0 aliphatic heterocycles. The van der Waals surface area contributed by atoms with E-state index in [0.717, 1.165) is 17.8 Å². The van der Waals surface area contributed by atoms with Gasteiger partial charge in [0.25, 0.3) is 0 Å². The Morgan fingerprint density at radius 3 is 1.37 bits per heavy atom. The van der Waals surface area contributed by atoms with E-state index in [0.29, 0.717) is 0 Å². The summed E-state index contributed by atoms with van der Waals surface area (Å²) in [4.78, 5) is 0. The van der Waals surface area contributed by atoms with Crippen molar-refractivity contribution in [2.45, 2.75) is 105 Å². The fourth-order valence-corrected chi connectivity index (χ4v) is 2.89. The average Bonchev–Trinajstić information content (AvgIpc) is 2.34. The highest BCUT2D eigenvalue weighted by atomic mass is 14.1. The molecule has 2 unspecified atom stereocenters. The van der Waals surface area contributed by atoms with E-state index in [1.165, 1.54) is 70.6 Å². The minimum atomic E-state index is 0.885. The van der Waals surface area contributed by atoms with E-state index in [-0.39, 0.29) is 0 Å². The quantitative estimate of drug-likeness (QED) is 0.309. The van der Waals surface area contributed by atoms with E-state index >= 15 is 0 Å². The van der Waals surface area contributed by atoms with Gasteiger partial charge in [-0.25, -0.2) is 0 Å². The lowest BCUT2D eigenvalue weighted by Crippen LogP contribution is -1.99. The van der Waals surface area contributed by atoms with Crippen LogP contribution in [-0.4, -0.2) is 0 Å². The van der Waals surface area contributed by atoms with Crippen molar-refractivity contribution in [3.63, 3.8) is 0 Å². The van der Waals surface area contributed by atoms with E-state index in [9.17, 15) is 0 Å². The second-order valence-corrected chi connectivity index (χ2v) is 7.32. The summed E-state index contributed by atoms with van der Waals surface area (Å²) in [7, 11) is 0. The van der Waals surface area contributed by atoms with Gasteiger partial charge in [-0.05, 0) is 17.8 Å². The van der Waals surface area contributed by atoms with Crippen molar-refractivity contribution in [3.8, 4) is 0 Å². The Labute approximate surface area is 123 Å². The molecule has 19 heavy (non-hydrogen) atoms. The third-order valence-electron chi connectivity index (χ3n) is 4.42. The maximum absolute atomic E-state index is 2.45. The van der Waals surface area contributed by atoms with Crippen LogP contribution < -0.4 is 0 Å². The molecule has 116 valence electrons. The predicted molar refractivity (Wildman–Crippen MR) is 89.6 cm³/mol. The molecule has 0 N–H and O–H groups in total. The Balaban J connectivity index is 3.32. The highest BCUT2D eigenvalue weighted by molar-refractivity contribution is 4.58. The summed E-state index contributed by atoms with van der Waals surface area (Å²) in [5.74, 6) is 2.80. The van der Waals surface area contributed by atoms with Crippen LogP contribution >= 0.6 is 0 Å². The molecular weight excluding hydrogens is 228 g/mol. The molecule has 0 aromatic heterocycles. The monoisotopic (exact) mass is 268 g/mol. The van der Waals surface area contributed by atoms with Gasteiger partial charge < -0.3 is 0 Å². The zero-order chi connectivity index (χ0) is 14.5. The Morgan fingerprint density at radius 2 is 0.947 bits per heavy atom. The molecule has 0 rings (SSSR count). The maximum atomic E-state index is 2.45. The lowest BCUT2D eigenvalue weighted by Gasteiger charge is -2.14. The van der Waals surface area contributed by atoms with Crippen LogP contribution in [0.1, 0.15) is 105 Å². The van der Waals surface area contributed by atoms with Gasteiger partial charge in [-0.15, -0.1) is 0 Å². The van der Waals surface area contributed by atoms with Crippen LogP contribution in [0.2, 0.25) is 0 Å². The summed E-state index contributed by atoms with van der Waals surface area (Å²) < 4.78 is 0. The SMILES string of the molecule is CCCCCC(C)CCCCC(C)CCCC(C)C. The van der Waals surface area contributed by atoms with Gasteiger partial charge in [-0.3, -0.25) is 0 Å². The molecule has 0 aromatic rings. The molecule has 0 aliphatic carbocycles. The fourth-order valence-electron chi connectivity index (χ4n) is 2.89. The maximum Gasteiger partial charge on any atom is -0.0443 e. The zero-order valence-corrected chi connectivity index (χ0v) is 14.5. The molecule has 0 saturated carbocycles. The van der Waals surface area contributed by atoms with Crippen LogP contribution in [0.3, 0.4) is 0 Å². The molecule has 0 aromatic carbocycles. The highest BCUT2D eigenvalue weighted by Gasteiger charge is 2.05. The first-order chi connectivity index (χ1) is 9.06. The molecule has 0 aliphatic rings. The number of rotatable bonds is 13. The second kappa shape index (κ2) is 13.0. The van der Waals surface area contributed by atoms with Crippen LogP contribution in [0.5, 0.6) is 0 Å². The van der Waals surface area contributed by atoms with Crippen molar-refractivity contribution in [1.29, 1.82) is 0 Å². The van der Waals surface area contributed by atoms with E-state index < -0.39 is 0 Å². The average molecular weight is 269 g/mol. The lowest BCUT2D eigenvalue weighted by molar-refractivity contribution is 0.396. The fraction of sp³-hybridized carbons (Fsp3) is 1.00. The molecule has 0 bridgehead atoms. The van der Waals surface area contributed by atoms with Crippen molar-refractivity contribution in [2.24, 2.45) is 17.8 Å². The molecule has 0 heteroatoms. The molecule has 2 atom stereocenters. The van der Waals surface area contributed by atoms with Crippen molar-refractivity contribution < 1.29 is 0 Å². The van der Waals surface area contributed by atoms with Gasteiger partial charge in [0.15, 0.2) is 0 Å². The lowest BCUT2D eigenvalue weighted by atomic mass is 9.92. The summed E-state index contributed by atoms with van der Waals surface area (Å²) in [5.41, 5.74) is 0. The smallest absolute Gasteiger partial charge is 0.0443 e. The normalized spacial score (nSPS) is 14.8. The molecule has 0 nitrogen and oxygen atoms in total. The van der Waals surface area contributed by atoms with Crippen LogP contribution in [0.4, 0.5) is 0 Å². The van der Waals surface area contributed by atoms with E-state index in [4.69, 9.17) is 0 Å². The van der Waals surface area contributed by atoms with Gasteiger partial charge >= 0.3 is 0 Å². The van der Waals surface area contributed by atoms with Crippen LogP contribution in [0, 0.1) is 17.8 Å². The van der Waals surface area contributed by atoms with Gasteiger partial charge in [0.05, 0.1) is 0 Å². The van der Waals surface area contributed by atoms with E-state index in [1.54, 1.807) is 0 Å². The van der Waals surface area contributed by atoms with Gasteiger partial charge in [-0.1, -0.05) is 105 Å². The van der Waals surface area contributed by atoms with Crippen molar-refractivity contribution >= 4 is 0 Å². The number of hydrogen-bond acceptors (Lipinski definition) is 0. The zero-order valence-electron chi connectivity index (χ0n) is 14.5. The summed E-state index contributed by atoms with van der Waals surface area (Å²) >= 11 is 0.